The summed E-state index contributed by atoms with van der Waals surface area (Å²) in [4.78, 5) is 20.3. The normalized spacial score (nSPS) is 10.7. The van der Waals surface area contributed by atoms with E-state index in [2.05, 4.69) is 31.0 Å². The fraction of sp³-hybridized carbons (Fsp3) is 0.375. The van der Waals surface area contributed by atoms with E-state index in [1.54, 1.807) is 43.1 Å². The predicted molar refractivity (Wildman–Crippen MR) is 110 cm³/mol. The summed E-state index contributed by atoms with van der Waals surface area (Å²) in [6.07, 6.45) is 1.50. The molecule has 0 atom stereocenters. The average Bonchev–Trinajstić information content (AvgIpc) is 3.06. The number of aliphatic imine (C=N–C) groups is 1. The van der Waals surface area contributed by atoms with E-state index in [0.29, 0.717) is 31.2 Å². The molecule has 0 saturated carbocycles. The molecule has 0 spiro atoms. The van der Waals surface area contributed by atoms with Crippen LogP contribution in [-0.4, -0.2) is 53.9 Å². The molecule has 1 amide bonds. The Morgan fingerprint density at radius 3 is 2.46 bits per heavy atom. The summed E-state index contributed by atoms with van der Waals surface area (Å²) in [7, 11) is 5.10. The lowest BCUT2D eigenvalue weighted by molar-refractivity contribution is 0.0954. The van der Waals surface area contributed by atoms with E-state index in [1.807, 2.05) is 7.05 Å². The minimum absolute atomic E-state index is 0. The number of rotatable bonds is 7. The third-order valence-electron chi connectivity index (χ3n) is 3.50. The summed E-state index contributed by atoms with van der Waals surface area (Å²) in [6, 6.07) is 6.96. The van der Waals surface area contributed by atoms with Gasteiger partial charge in [0.25, 0.3) is 5.91 Å². The van der Waals surface area contributed by atoms with Crippen molar-refractivity contribution in [2.24, 2.45) is 12.0 Å². The molecule has 9 nitrogen and oxygen atoms in total. The zero-order valence-electron chi connectivity index (χ0n) is 15.0. The number of carbonyl (C=O) groups is 1. The number of aromatic nitrogens is 3. The molecule has 1 aromatic carbocycles. The van der Waals surface area contributed by atoms with Crippen LogP contribution in [0.1, 0.15) is 16.2 Å². The van der Waals surface area contributed by atoms with Crippen molar-refractivity contribution >= 4 is 35.8 Å². The molecule has 0 fully saturated rings. The summed E-state index contributed by atoms with van der Waals surface area (Å²) < 4.78 is 6.76. The summed E-state index contributed by atoms with van der Waals surface area (Å²) in [5.41, 5.74) is 0.589. The number of hydrogen-bond donors (Lipinski definition) is 3. The maximum absolute atomic E-state index is 12.0. The number of guanidine groups is 1. The molecular formula is C16H24IN7O2. The highest BCUT2D eigenvalue weighted by molar-refractivity contribution is 14.0. The fourth-order valence-electron chi connectivity index (χ4n) is 2.06. The van der Waals surface area contributed by atoms with Crippen LogP contribution in [-0.2, 0) is 13.6 Å². The fourth-order valence-corrected chi connectivity index (χ4v) is 2.06. The first-order chi connectivity index (χ1) is 12.1. The summed E-state index contributed by atoms with van der Waals surface area (Å²) in [5.74, 6) is 2.01. The summed E-state index contributed by atoms with van der Waals surface area (Å²) >= 11 is 0. The minimum Gasteiger partial charge on any atom is -0.497 e. The lowest BCUT2D eigenvalue weighted by Gasteiger charge is -2.12. The van der Waals surface area contributed by atoms with Gasteiger partial charge in [0.2, 0.25) is 0 Å². The van der Waals surface area contributed by atoms with Crippen LogP contribution in [0.2, 0.25) is 0 Å². The molecule has 10 heteroatoms. The average molecular weight is 473 g/mol. The topological polar surface area (TPSA) is 105 Å². The first-order valence-corrected chi connectivity index (χ1v) is 7.83. The van der Waals surface area contributed by atoms with Gasteiger partial charge < -0.3 is 20.7 Å². The van der Waals surface area contributed by atoms with Crippen molar-refractivity contribution in [2.45, 2.75) is 6.54 Å². The van der Waals surface area contributed by atoms with Gasteiger partial charge in [-0.1, -0.05) is 0 Å². The molecule has 0 bridgehead atoms. The van der Waals surface area contributed by atoms with E-state index in [0.717, 1.165) is 11.6 Å². The number of hydrogen-bond acceptors (Lipinski definition) is 5. The number of ether oxygens (including phenoxy) is 1. The predicted octanol–water partition coefficient (Wildman–Crippen LogP) is 0.537. The molecule has 0 aliphatic carbocycles. The number of benzene rings is 1. The van der Waals surface area contributed by atoms with Crippen molar-refractivity contribution in [1.82, 2.24) is 30.7 Å². The zero-order chi connectivity index (χ0) is 18.1. The van der Waals surface area contributed by atoms with E-state index in [9.17, 15) is 4.79 Å². The molecule has 26 heavy (non-hydrogen) atoms. The molecule has 1 aromatic heterocycles. The largest absolute Gasteiger partial charge is 0.497 e. The lowest BCUT2D eigenvalue weighted by Crippen LogP contribution is -2.41. The Morgan fingerprint density at radius 2 is 1.88 bits per heavy atom. The van der Waals surface area contributed by atoms with Gasteiger partial charge in [-0.15, -0.1) is 24.0 Å². The van der Waals surface area contributed by atoms with Crippen LogP contribution >= 0.6 is 24.0 Å². The highest BCUT2D eigenvalue weighted by Crippen LogP contribution is 2.10. The smallest absolute Gasteiger partial charge is 0.251 e. The highest BCUT2D eigenvalue weighted by atomic mass is 127. The molecule has 0 saturated heterocycles. The second kappa shape index (κ2) is 11.3. The van der Waals surface area contributed by atoms with E-state index >= 15 is 0 Å². The maximum atomic E-state index is 12.0. The van der Waals surface area contributed by atoms with Crippen LogP contribution < -0.4 is 20.7 Å². The second-order valence-electron chi connectivity index (χ2n) is 5.14. The highest BCUT2D eigenvalue weighted by Gasteiger charge is 2.05. The van der Waals surface area contributed by atoms with Crippen LogP contribution in [0.5, 0.6) is 5.75 Å². The Bertz CT molecular complexity index is 716. The summed E-state index contributed by atoms with van der Waals surface area (Å²) in [5, 5.41) is 13.1. The quantitative estimate of drug-likeness (QED) is 0.235. The molecular weight excluding hydrogens is 449 g/mol. The van der Waals surface area contributed by atoms with Gasteiger partial charge in [-0.05, 0) is 24.3 Å². The summed E-state index contributed by atoms with van der Waals surface area (Å²) in [6.45, 7) is 1.52. The second-order valence-corrected chi connectivity index (χ2v) is 5.14. The lowest BCUT2D eigenvalue weighted by atomic mass is 10.2. The van der Waals surface area contributed by atoms with E-state index < -0.39 is 0 Å². The van der Waals surface area contributed by atoms with Crippen molar-refractivity contribution in [3.05, 3.63) is 42.0 Å². The minimum atomic E-state index is -0.133. The monoisotopic (exact) mass is 473 g/mol. The molecule has 142 valence electrons. The number of aryl methyl sites for hydroxylation is 1. The van der Waals surface area contributed by atoms with Gasteiger partial charge in [0.15, 0.2) is 5.96 Å². The van der Waals surface area contributed by atoms with Crippen LogP contribution in [0.25, 0.3) is 0 Å². The Morgan fingerprint density at radius 1 is 1.19 bits per heavy atom. The number of methoxy groups -OCH3 is 1. The van der Waals surface area contributed by atoms with Crippen molar-refractivity contribution in [1.29, 1.82) is 0 Å². The van der Waals surface area contributed by atoms with Gasteiger partial charge >= 0.3 is 0 Å². The molecule has 1 heterocycles. The van der Waals surface area contributed by atoms with E-state index in [4.69, 9.17) is 4.74 Å². The van der Waals surface area contributed by atoms with Crippen molar-refractivity contribution < 1.29 is 9.53 Å². The molecule has 0 unspecified atom stereocenters. The Hall–Kier alpha value is -2.37. The van der Waals surface area contributed by atoms with Gasteiger partial charge in [0.1, 0.15) is 17.9 Å². The van der Waals surface area contributed by atoms with Crippen molar-refractivity contribution in [3.63, 3.8) is 0 Å². The van der Waals surface area contributed by atoms with Crippen molar-refractivity contribution in [3.8, 4) is 5.75 Å². The van der Waals surface area contributed by atoms with Gasteiger partial charge in [-0.3, -0.25) is 14.5 Å². The Kier molecular flexibility index (Phi) is 9.41. The first-order valence-electron chi connectivity index (χ1n) is 7.83. The first kappa shape index (κ1) is 21.7. The van der Waals surface area contributed by atoms with Crippen LogP contribution in [0, 0.1) is 0 Å². The third kappa shape index (κ3) is 6.50. The third-order valence-corrected chi connectivity index (χ3v) is 3.50. The van der Waals surface area contributed by atoms with Gasteiger partial charge in [-0.2, -0.15) is 5.10 Å². The standard InChI is InChI=1S/C16H23N7O2.HI/c1-17-16(20-10-14-21-11-22-23(14)2)19-9-8-18-15(24)12-4-6-13(25-3)7-5-12;/h4-7,11H,8-10H2,1-3H3,(H,18,24)(H2,17,19,20);1H. The van der Waals surface area contributed by atoms with E-state index in [1.165, 1.54) is 6.33 Å². The van der Waals surface area contributed by atoms with Gasteiger partial charge in [0, 0.05) is 32.7 Å². The molecule has 0 aliphatic heterocycles. The number of nitrogens with one attached hydrogen (secondary N) is 3. The molecule has 3 N–H and O–H groups in total. The molecule has 2 rings (SSSR count). The maximum Gasteiger partial charge on any atom is 0.251 e. The van der Waals surface area contributed by atoms with Crippen LogP contribution in [0.15, 0.2) is 35.6 Å². The van der Waals surface area contributed by atoms with Gasteiger partial charge in [-0.25, -0.2) is 4.98 Å². The Labute approximate surface area is 169 Å². The van der Waals surface area contributed by atoms with Crippen molar-refractivity contribution in [2.75, 3.05) is 27.2 Å². The number of carbonyl (C=O) groups excluding carboxylic acids is 1. The van der Waals surface area contributed by atoms with Crippen LogP contribution in [0.3, 0.4) is 0 Å². The number of halogens is 1. The van der Waals surface area contributed by atoms with Crippen LogP contribution in [0.4, 0.5) is 0 Å². The SMILES string of the molecule is CN=C(NCCNC(=O)c1ccc(OC)cc1)NCc1ncnn1C.I. The molecule has 0 aliphatic rings. The molecule has 0 radical (unpaired) electrons. The van der Waals surface area contributed by atoms with E-state index in [-0.39, 0.29) is 29.9 Å². The molecule has 2 aromatic rings. The Balaban J connectivity index is 0.00000338. The number of amides is 1. The van der Waals surface area contributed by atoms with Gasteiger partial charge in [0.05, 0.1) is 13.7 Å². The number of nitrogens with zero attached hydrogens (tertiary/aromatic N) is 4. The zero-order valence-corrected chi connectivity index (χ0v) is 17.4.